The standard InChI is InChI=1S/C23H15BrN6O2/c24-19-20(15-7-9-18(23(31)32)27-11-15)29-22-16(12-28-30(22)21(19)25)14-6-8-17(26-10-14)13-4-2-1-3-5-13/h1-12H,25H2,(H,31,32). The van der Waals surface area contributed by atoms with Crippen LogP contribution < -0.4 is 5.73 Å². The Hall–Kier alpha value is -4.11. The zero-order chi connectivity index (χ0) is 22.2. The summed E-state index contributed by atoms with van der Waals surface area (Å²) in [7, 11) is 0. The Balaban J connectivity index is 1.60. The molecule has 0 aliphatic rings. The van der Waals surface area contributed by atoms with Gasteiger partial charge in [0.25, 0.3) is 0 Å². The number of nitrogen functional groups attached to an aromatic ring is 1. The predicted octanol–water partition coefficient (Wildman–Crippen LogP) is 4.56. The maximum absolute atomic E-state index is 11.1. The summed E-state index contributed by atoms with van der Waals surface area (Å²) >= 11 is 3.48. The third-order valence-electron chi connectivity index (χ3n) is 5.02. The monoisotopic (exact) mass is 486 g/mol. The molecule has 32 heavy (non-hydrogen) atoms. The number of nitrogens with zero attached hydrogens (tertiary/aromatic N) is 5. The molecular formula is C23H15BrN6O2. The average molecular weight is 487 g/mol. The lowest BCUT2D eigenvalue weighted by Crippen LogP contribution is -2.04. The van der Waals surface area contributed by atoms with E-state index in [9.17, 15) is 4.79 Å². The Bertz CT molecular complexity index is 1450. The third kappa shape index (κ3) is 3.38. The number of carbonyl (C=O) groups is 1. The van der Waals surface area contributed by atoms with Gasteiger partial charge in [-0.2, -0.15) is 9.61 Å². The van der Waals surface area contributed by atoms with Crippen LogP contribution in [0.5, 0.6) is 0 Å². The maximum Gasteiger partial charge on any atom is 0.354 e. The zero-order valence-corrected chi connectivity index (χ0v) is 18.1. The topological polar surface area (TPSA) is 119 Å². The van der Waals surface area contributed by atoms with Crippen molar-refractivity contribution in [3.05, 3.63) is 83.4 Å². The largest absolute Gasteiger partial charge is 0.477 e. The first-order chi connectivity index (χ1) is 15.5. The van der Waals surface area contributed by atoms with Gasteiger partial charge in [-0.1, -0.05) is 36.4 Å². The second-order valence-electron chi connectivity index (χ2n) is 6.99. The molecular weight excluding hydrogens is 472 g/mol. The molecule has 3 N–H and O–H groups in total. The Morgan fingerprint density at radius 2 is 1.66 bits per heavy atom. The molecule has 0 aliphatic carbocycles. The van der Waals surface area contributed by atoms with Crippen molar-refractivity contribution in [1.82, 2.24) is 24.6 Å². The summed E-state index contributed by atoms with van der Waals surface area (Å²) in [6, 6.07) is 16.9. The first kappa shape index (κ1) is 19.8. The number of carboxylic acid groups (broad SMARTS) is 1. The van der Waals surface area contributed by atoms with E-state index in [1.54, 1.807) is 23.0 Å². The number of nitrogens with two attached hydrogens (primary N) is 1. The second kappa shape index (κ2) is 7.86. The van der Waals surface area contributed by atoms with Gasteiger partial charge in [0.05, 0.1) is 22.1 Å². The number of aromatic nitrogens is 5. The Kier molecular flexibility index (Phi) is 4.87. The molecule has 1 aromatic carbocycles. The number of aromatic carboxylic acids is 1. The van der Waals surface area contributed by atoms with Gasteiger partial charge in [0, 0.05) is 34.6 Å². The van der Waals surface area contributed by atoms with E-state index >= 15 is 0 Å². The summed E-state index contributed by atoms with van der Waals surface area (Å²) in [5, 5.41) is 13.5. The highest BCUT2D eigenvalue weighted by Crippen LogP contribution is 2.34. The van der Waals surface area contributed by atoms with Gasteiger partial charge in [0.1, 0.15) is 11.5 Å². The molecule has 5 aromatic rings. The predicted molar refractivity (Wildman–Crippen MR) is 124 cm³/mol. The summed E-state index contributed by atoms with van der Waals surface area (Å²) in [4.78, 5) is 24.4. The Morgan fingerprint density at radius 1 is 0.906 bits per heavy atom. The lowest BCUT2D eigenvalue weighted by molar-refractivity contribution is 0.0690. The average Bonchev–Trinajstić information content (AvgIpc) is 3.26. The fraction of sp³-hybridized carbons (Fsp3) is 0. The summed E-state index contributed by atoms with van der Waals surface area (Å²) < 4.78 is 2.09. The first-order valence-electron chi connectivity index (χ1n) is 9.57. The van der Waals surface area contributed by atoms with E-state index in [2.05, 4.69) is 31.0 Å². The number of halogens is 1. The molecule has 0 radical (unpaired) electrons. The molecule has 4 aromatic heterocycles. The number of pyridine rings is 2. The zero-order valence-electron chi connectivity index (χ0n) is 16.5. The normalized spacial score (nSPS) is 11.0. The van der Waals surface area contributed by atoms with Crippen molar-refractivity contribution in [2.24, 2.45) is 0 Å². The van der Waals surface area contributed by atoms with Crippen LogP contribution >= 0.6 is 15.9 Å². The van der Waals surface area contributed by atoms with Crippen molar-refractivity contribution >= 4 is 33.4 Å². The van der Waals surface area contributed by atoms with E-state index in [0.29, 0.717) is 27.2 Å². The summed E-state index contributed by atoms with van der Waals surface area (Å²) in [6.45, 7) is 0. The Labute approximate surface area is 190 Å². The highest BCUT2D eigenvalue weighted by atomic mass is 79.9. The van der Waals surface area contributed by atoms with Crippen molar-refractivity contribution < 1.29 is 9.90 Å². The lowest BCUT2D eigenvalue weighted by Gasteiger charge is -2.10. The van der Waals surface area contributed by atoms with Gasteiger partial charge >= 0.3 is 5.97 Å². The molecule has 0 amide bonds. The van der Waals surface area contributed by atoms with Crippen LogP contribution in [0.25, 0.3) is 39.3 Å². The number of hydrogen-bond acceptors (Lipinski definition) is 6. The summed E-state index contributed by atoms with van der Waals surface area (Å²) in [6.07, 6.45) is 4.93. The molecule has 156 valence electrons. The van der Waals surface area contributed by atoms with E-state index in [1.807, 2.05) is 42.5 Å². The first-order valence-corrected chi connectivity index (χ1v) is 10.4. The Morgan fingerprint density at radius 3 is 2.31 bits per heavy atom. The van der Waals surface area contributed by atoms with E-state index in [-0.39, 0.29) is 5.69 Å². The molecule has 9 heteroatoms. The van der Waals surface area contributed by atoms with Crippen LogP contribution in [0.2, 0.25) is 0 Å². The van der Waals surface area contributed by atoms with Crippen LogP contribution in [0.4, 0.5) is 5.82 Å². The van der Waals surface area contributed by atoms with Crippen LogP contribution in [0, 0.1) is 0 Å². The van der Waals surface area contributed by atoms with Crippen LogP contribution in [0.1, 0.15) is 10.5 Å². The van der Waals surface area contributed by atoms with Crippen molar-refractivity contribution in [3.63, 3.8) is 0 Å². The van der Waals surface area contributed by atoms with E-state index in [1.165, 1.54) is 12.3 Å². The van der Waals surface area contributed by atoms with Crippen molar-refractivity contribution in [2.75, 3.05) is 5.73 Å². The number of fused-ring (bicyclic) bond motifs is 1. The van der Waals surface area contributed by atoms with E-state index in [0.717, 1.165) is 22.4 Å². The number of carboxylic acids is 1. The highest BCUT2D eigenvalue weighted by Gasteiger charge is 2.18. The molecule has 8 nitrogen and oxygen atoms in total. The molecule has 0 aliphatic heterocycles. The van der Waals surface area contributed by atoms with Gasteiger partial charge in [-0.25, -0.2) is 14.8 Å². The van der Waals surface area contributed by atoms with E-state index < -0.39 is 5.97 Å². The molecule has 0 atom stereocenters. The van der Waals surface area contributed by atoms with Crippen LogP contribution in [0.15, 0.2) is 77.7 Å². The van der Waals surface area contributed by atoms with Crippen LogP contribution in [0.3, 0.4) is 0 Å². The van der Waals surface area contributed by atoms with Gasteiger partial charge < -0.3 is 10.8 Å². The smallest absolute Gasteiger partial charge is 0.354 e. The highest BCUT2D eigenvalue weighted by molar-refractivity contribution is 9.10. The van der Waals surface area contributed by atoms with Gasteiger partial charge in [-0.05, 0) is 34.1 Å². The van der Waals surface area contributed by atoms with E-state index in [4.69, 9.17) is 15.8 Å². The number of rotatable bonds is 4. The molecule has 5 rings (SSSR count). The molecule has 0 unspecified atom stereocenters. The fourth-order valence-electron chi connectivity index (χ4n) is 3.38. The number of hydrogen-bond donors (Lipinski definition) is 2. The molecule has 0 spiro atoms. The SMILES string of the molecule is Nc1c(Br)c(-c2ccc(C(=O)O)nc2)nc2c(-c3ccc(-c4ccccc4)nc3)cnn12. The molecule has 0 saturated heterocycles. The maximum atomic E-state index is 11.1. The minimum Gasteiger partial charge on any atom is -0.477 e. The van der Waals surface area contributed by atoms with Crippen molar-refractivity contribution in [1.29, 1.82) is 0 Å². The summed E-state index contributed by atoms with van der Waals surface area (Å²) in [5.41, 5.74) is 11.5. The molecule has 4 heterocycles. The van der Waals surface area contributed by atoms with Gasteiger partial charge in [-0.15, -0.1) is 0 Å². The molecule has 0 saturated carbocycles. The fourth-order valence-corrected chi connectivity index (χ4v) is 3.87. The number of anilines is 1. The van der Waals surface area contributed by atoms with Gasteiger partial charge in [0.2, 0.25) is 0 Å². The number of benzene rings is 1. The van der Waals surface area contributed by atoms with Crippen LogP contribution in [-0.4, -0.2) is 35.6 Å². The lowest BCUT2D eigenvalue weighted by atomic mass is 10.1. The summed E-state index contributed by atoms with van der Waals surface area (Å²) in [5.74, 6) is -0.726. The molecule has 0 bridgehead atoms. The second-order valence-corrected chi connectivity index (χ2v) is 7.78. The van der Waals surface area contributed by atoms with Crippen LogP contribution in [-0.2, 0) is 0 Å². The minimum atomic E-state index is -1.09. The van der Waals surface area contributed by atoms with Crippen molar-refractivity contribution in [3.8, 4) is 33.6 Å². The van der Waals surface area contributed by atoms with Crippen molar-refractivity contribution in [2.45, 2.75) is 0 Å². The minimum absolute atomic E-state index is 0.0476. The molecule has 0 fully saturated rings. The van der Waals surface area contributed by atoms with Gasteiger partial charge in [0.15, 0.2) is 5.65 Å². The third-order valence-corrected chi connectivity index (χ3v) is 5.80. The van der Waals surface area contributed by atoms with Gasteiger partial charge in [-0.3, -0.25) is 4.98 Å². The quantitative estimate of drug-likeness (QED) is 0.381.